The fraction of sp³-hybridized carbons (Fsp3) is 0.118. The van der Waals surface area contributed by atoms with Crippen molar-refractivity contribution in [3.63, 3.8) is 0 Å². The minimum Gasteiger partial charge on any atom is -0.438 e. The molecule has 0 spiro atoms. The lowest BCUT2D eigenvalue weighted by atomic mass is 10.2. The van der Waals surface area contributed by atoms with Gasteiger partial charge in [0.05, 0.1) is 9.82 Å². The topological polar surface area (TPSA) is 127 Å². The number of nitro benzene ring substituents is 1. The molecular weight excluding hydrogens is 372 g/mol. The molecule has 140 valence electrons. The molecule has 0 aliphatic heterocycles. The summed E-state index contributed by atoms with van der Waals surface area (Å²) >= 11 is 0. The van der Waals surface area contributed by atoms with Crippen molar-refractivity contribution in [3.05, 3.63) is 69.9 Å². The second-order valence-electron chi connectivity index (χ2n) is 5.83. The Bertz CT molecular complexity index is 1090. The van der Waals surface area contributed by atoms with Crippen LogP contribution < -0.4 is 9.46 Å². The Morgan fingerprint density at radius 1 is 1.11 bits per heavy atom. The monoisotopic (exact) mass is 388 g/mol. The number of aromatic nitrogens is 2. The molecule has 0 bridgehead atoms. The van der Waals surface area contributed by atoms with Crippen molar-refractivity contribution in [2.24, 2.45) is 0 Å². The molecule has 0 saturated carbocycles. The number of ether oxygens (including phenoxy) is 1. The highest BCUT2D eigenvalue weighted by Gasteiger charge is 2.20. The van der Waals surface area contributed by atoms with Crippen molar-refractivity contribution in [3.8, 4) is 11.6 Å². The molecule has 0 saturated heterocycles. The third-order valence-electron chi connectivity index (χ3n) is 3.70. The SMILES string of the molecule is Cc1cc(Oc2ccc(NS(=O)(=O)c3ccc(C)c([N+](=O)[O-])c3)cc2)n[nH]1. The van der Waals surface area contributed by atoms with Gasteiger partial charge in [0.2, 0.25) is 5.88 Å². The summed E-state index contributed by atoms with van der Waals surface area (Å²) in [7, 11) is -3.97. The quantitative estimate of drug-likeness (QED) is 0.491. The molecule has 27 heavy (non-hydrogen) atoms. The highest BCUT2D eigenvalue weighted by molar-refractivity contribution is 7.92. The fourth-order valence-electron chi connectivity index (χ4n) is 2.32. The van der Waals surface area contributed by atoms with Crippen LogP contribution in [0.15, 0.2) is 53.4 Å². The third kappa shape index (κ3) is 4.23. The Balaban J connectivity index is 1.78. The van der Waals surface area contributed by atoms with Crippen molar-refractivity contribution < 1.29 is 18.1 Å². The van der Waals surface area contributed by atoms with Gasteiger partial charge in [0.25, 0.3) is 15.7 Å². The molecule has 0 unspecified atom stereocenters. The molecule has 0 aliphatic rings. The second kappa shape index (κ2) is 7.08. The molecule has 2 N–H and O–H groups in total. The smallest absolute Gasteiger partial charge is 0.273 e. The summed E-state index contributed by atoms with van der Waals surface area (Å²) < 4.78 is 32.9. The standard InChI is InChI=1S/C17H16N4O5S/c1-11-3-8-15(10-16(11)21(22)23)27(24,25)20-13-4-6-14(7-5-13)26-17-9-12(2)18-19-17/h3-10,20H,1-2H3,(H,18,19). The summed E-state index contributed by atoms with van der Waals surface area (Å²) in [5.74, 6) is 0.878. The van der Waals surface area contributed by atoms with Gasteiger partial charge in [0, 0.05) is 29.1 Å². The highest BCUT2D eigenvalue weighted by Crippen LogP contribution is 2.26. The van der Waals surface area contributed by atoms with E-state index in [1.807, 2.05) is 6.92 Å². The summed E-state index contributed by atoms with van der Waals surface area (Å²) in [6.45, 7) is 3.38. The van der Waals surface area contributed by atoms with E-state index in [0.717, 1.165) is 11.8 Å². The average Bonchev–Trinajstić information content (AvgIpc) is 3.01. The molecule has 0 radical (unpaired) electrons. The van der Waals surface area contributed by atoms with Crippen molar-refractivity contribution in [1.82, 2.24) is 10.2 Å². The molecule has 0 fully saturated rings. The summed E-state index contributed by atoms with van der Waals surface area (Å²) in [6, 6.07) is 11.7. The number of sulfonamides is 1. The number of nitrogens with one attached hydrogen (secondary N) is 2. The molecule has 10 heteroatoms. The number of nitrogens with zero attached hydrogens (tertiary/aromatic N) is 2. The van der Waals surface area contributed by atoms with Gasteiger partial charge in [0.1, 0.15) is 5.75 Å². The molecule has 0 aliphatic carbocycles. The first-order chi connectivity index (χ1) is 12.7. The summed E-state index contributed by atoms with van der Waals surface area (Å²) in [5, 5.41) is 17.7. The van der Waals surface area contributed by atoms with Crippen LogP contribution in [-0.2, 0) is 10.0 Å². The van der Waals surface area contributed by atoms with E-state index in [1.165, 1.54) is 24.3 Å². The third-order valence-corrected chi connectivity index (χ3v) is 5.08. The Morgan fingerprint density at radius 3 is 2.41 bits per heavy atom. The first kappa shape index (κ1) is 18.4. The predicted octanol–water partition coefficient (Wildman–Crippen LogP) is 3.53. The van der Waals surface area contributed by atoms with Crippen molar-refractivity contribution in [1.29, 1.82) is 0 Å². The van der Waals surface area contributed by atoms with Gasteiger partial charge in [-0.25, -0.2) is 8.42 Å². The van der Waals surface area contributed by atoms with Crippen molar-refractivity contribution in [2.45, 2.75) is 18.7 Å². The van der Waals surface area contributed by atoms with Gasteiger partial charge in [-0.2, -0.15) is 0 Å². The summed E-state index contributed by atoms with van der Waals surface area (Å²) in [6.07, 6.45) is 0. The molecule has 1 aromatic heterocycles. The Hall–Kier alpha value is -3.40. The number of hydrogen-bond donors (Lipinski definition) is 2. The number of rotatable bonds is 6. The largest absolute Gasteiger partial charge is 0.438 e. The second-order valence-corrected chi connectivity index (χ2v) is 7.51. The zero-order chi connectivity index (χ0) is 19.6. The van der Waals surface area contributed by atoms with Crippen LogP contribution in [0.3, 0.4) is 0 Å². The Kier molecular flexibility index (Phi) is 4.82. The fourth-order valence-corrected chi connectivity index (χ4v) is 3.40. The number of nitro groups is 1. The van der Waals surface area contributed by atoms with Gasteiger partial charge < -0.3 is 4.74 Å². The zero-order valence-corrected chi connectivity index (χ0v) is 15.3. The van der Waals surface area contributed by atoms with E-state index in [1.54, 1.807) is 25.1 Å². The van der Waals surface area contributed by atoms with Crippen molar-refractivity contribution in [2.75, 3.05) is 4.72 Å². The van der Waals surface area contributed by atoms with E-state index in [0.29, 0.717) is 22.9 Å². The molecule has 3 aromatic rings. The number of aromatic amines is 1. The summed E-state index contributed by atoms with van der Waals surface area (Å²) in [5.41, 5.74) is 1.27. The average molecular weight is 388 g/mol. The maximum Gasteiger partial charge on any atom is 0.273 e. The maximum absolute atomic E-state index is 12.5. The predicted molar refractivity (Wildman–Crippen MR) is 98.5 cm³/mol. The van der Waals surface area contributed by atoms with Crippen LogP contribution in [0.2, 0.25) is 0 Å². The van der Waals surface area contributed by atoms with Gasteiger partial charge in [0.15, 0.2) is 0 Å². The van der Waals surface area contributed by atoms with Crippen LogP contribution in [0, 0.1) is 24.0 Å². The van der Waals surface area contributed by atoms with Crippen LogP contribution >= 0.6 is 0 Å². The van der Waals surface area contributed by atoms with Crippen LogP contribution in [-0.4, -0.2) is 23.5 Å². The number of H-pyrrole nitrogens is 1. The van der Waals surface area contributed by atoms with Crippen LogP contribution in [0.4, 0.5) is 11.4 Å². The number of hydrogen-bond acceptors (Lipinski definition) is 6. The van der Waals surface area contributed by atoms with Crippen LogP contribution in [0.5, 0.6) is 11.6 Å². The lowest BCUT2D eigenvalue weighted by Gasteiger charge is -2.09. The van der Waals surface area contributed by atoms with Gasteiger partial charge >= 0.3 is 0 Å². The number of benzene rings is 2. The molecule has 2 aromatic carbocycles. The van der Waals surface area contributed by atoms with Crippen molar-refractivity contribution >= 4 is 21.4 Å². The molecular formula is C17H16N4O5S. The first-order valence-corrected chi connectivity index (χ1v) is 9.31. The highest BCUT2D eigenvalue weighted by atomic mass is 32.2. The zero-order valence-electron chi connectivity index (χ0n) is 14.5. The van der Waals surface area contributed by atoms with Gasteiger partial charge in [-0.1, -0.05) is 6.07 Å². The van der Waals surface area contributed by atoms with Crippen LogP contribution in [0.25, 0.3) is 0 Å². The van der Waals surface area contributed by atoms with Gasteiger partial charge in [-0.15, -0.1) is 5.10 Å². The molecule has 9 nitrogen and oxygen atoms in total. The number of anilines is 1. The number of aryl methyl sites for hydroxylation is 2. The van der Waals surface area contributed by atoms with Gasteiger partial charge in [-0.05, 0) is 44.2 Å². The van der Waals surface area contributed by atoms with Crippen LogP contribution in [0.1, 0.15) is 11.3 Å². The lowest BCUT2D eigenvalue weighted by molar-refractivity contribution is -0.385. The Labute approximate surface area is 155 Å². The summed E-state index contributed by atoms with van der Waals surface area (Å²) in [4.78, 5) is 10.2. The van der Waals surface area contributed by atoms with E-state index < -0.39 is 14.9 Å². The Morgan fingerprint density at radius 2 is 1.81 bits per heavy atom. The molecule has 0 atom stereocenters. The maximum atomic E-state index is 12.5. The molecule has 3 rings (SSSR count). The first-order valence-electron chi connectivity index (χ1n) is 7.82. The van der Waals surface area contributed by atoms with E-state index in [2.05, 4.69) is 14.9 Å². The minimum atomic E-state index is -3.97. The normalized spacial score (nSPS) is 11.2. The molecule has 0 amide bonds. The molecule has 1 heterocycles. The van der Waals surface area contributed by atoms with Gasteiger partial charge in [-0.3, -0.25) is 19.9 Å². The lowest BCUT2D eigenvalue weighted by Crippen LogP contribution is -2.13. The van der Waals surface area contributed by atoms with E-state index >= 15 is 0 Å². The van der Waals surface area contributed by atoms with E-state index in [4.69, 9.17) is 4.74 Å². The van der Waals surface area contributed by atoms with E-state index in [-0.39, 0.29) is 10.6 Å². The van der Waals surface area contributed by atoms with E-state index in [9.17, 15) is 18.5 Å². The minimum absolute atomic E-state index is 0.188.